The number of aromatic nitrogens is 1. The largest absolute Gasteiger partial charge is 0.481 e. The standard InChI is InChI=1S/C16H14ClF3N2O2/c1-8-12(17)4-2-9-3-5-13(21-14(8)9)22-6-10(15(23)24)11(7-22)16(18,19)20/h2-5,10-11H,6-7H2,1H3,(H,23,24)/t10-,11-/m1/s1. The van der Waals surface area contributed by atoms with E-state index in [4.69, 9.17) is 16.7 Å². The molecule has 4 nitrogen and oxygen atoms in total. The minimum absolute atomic E-state index is 0.225. The van der Waals surface area contributed by atoms with Crippen molar-refractivity contribution in [3.63, 3.8) is 0 Å². The van der Waals surface area contributed by atoms with Gasteiger partial charge in [-0.2, -0.15) is 13.2 Å². The Morgan fingerprint density at radius 1 is 1.29 bits per heavy atom. The maximum Gasteiger partial charge on any atom is 0.394 e. The number of aryl methyl sites for hydroxylation is 1. The first kappa shape index (κ1) is 16.8. The van der Waals surface area contributed by atoms with Gasteiger partial charge in [-0.3, -0.25) is 4.79 Å². The lowest BCUT2D eigenvalue weighted by molar-refractivity contribution is -0.187. The van der Waals surface area contributed by atoms with Gasteiger partial charge in [0, 0.05) is 23.5 Å². The van der Waals surface area contributed by atoms with E-state index in [1.165, 1.54) is 4.90 Å². The predicted octanol–water partition coefficient (Wildman–Crippen LogP) is 3.90. The second-order valence-electron chi connectivity index (χ2n) is 5.91. The molecule has 3 rings (SSSR count). The summed E-state index contributed by atoms with van der Waals surface area (Å²) in [4.78, 5) is 17.0. The van der Waals surface area contributed by atoms with E-state index in [1.807, 2.05) is 0 Å². The first-order valence-electron chi connectivity index (χ1n) is 7.29. The van der Waals surface area contributed by atoms with E-state index in [1.54, 1.807) is 31.2 Å². The number of carboxylic acid groups (broad SMARTS) is 1. The van der Waals surface area contributed by atoms with Gasteiger partial charge < -0.3 is 10.0 Å². The molecule has 0 saturated carbocycles. The van der Waals surface area contributed by atoms with Crippen molar-refractivity contribution in [2.75, 3.05) is 18.0 Å². The quantitative estimate of drug-likeness (QED) is 0.884. The summed E-state index contributed by atoms with van der Waals surface area (Å²) in [5.74, 6) is -4.53. The monoisotopic (exact) mass is 358 g/mol. The third kappa shape index (κ3) is 2.88. The number of rotatable bonds is 2. The summed E-state index contributed by atoms with van der Waals surface area (Å²) in [5.41, 5.74) is 1.33. The van der Waals surface area contributed by atoms with Crippen molar-refractivity contribution in [2.45, 2.75) is 13.1 Å². The molecule has 128 valence electrons. The number of carboxylic acids is 1. The third-order valence-corrected chi connectivity index (χ3v) is 4.83. The van der Waals surface area contributed by atoms with Crippen LogP contribution in [0.1, 0.15) is 5.56 Å². The zero-order valence-electron chi connectivity index (χ0n) is 12.6. The fraction of sp³-hybridized carbons (Fsp3) is 0.375. The molecule has 1 aromatic carbocycles. The van der Waals surface area contributed by atoms with E-state index in [2.05, 4.69) is 4.98 Å². The summed E-state index contributed by atoms with van der Waals surface area (Å²) < 4.78 is 39.3. The Bertz CT molecular complexity index is 810. The minimum Gasteiger partial charge on any atom is -0.481 e. The zero-order chi connectivity index (χ0) is 17.6. The fourth-order valence-corrected chi connectivity index (χ4v) is 3.20. The van der Waals surface area contributed by atoms with E-state index < -0.39 is 30.5 Å². The normalized spacial score (nSPS) is 21.5. The van der Waals surface area contributed by atoms with Crippen LogP contribution in [0.5, 0.6) is 0 Å². The molecule has 2 aromatic rings. The molecule has 0 spiro atoms. The Labute approximate surface area is 140 Å². The average Bonchev–Trinajstić information content (AvgIpc) is 2.96. The smallest absolute Gasteiger partial charge is 0.394 e. The predicted molar refractivity (Wildman–Crippen MR) is 84.4 cm³/mol. The molecule has 1 aromatic heterocycles. The van der Waals surface area contributed by atoms with Crippen LogP contribution in [0.4, 0.5) is 19.0 Å². The van der Waals surface area contributed by atoms with Crippen molar-refractivity contribution in [3.05, 3.63) is 34.9 Å². The van der Waals surface area contributed by atoms with Gasteiger partial charge >= 0.3 is 12.1 Å². The van der Waals surface area contributed by atoms with Gasteiger partial charge in [-0.25, -0.2) is 4.98 Å². The molecule has 0 bridgehead atoms. The Morgan fingerprint density at radius 3 is 2.54 bits per heavy atom. The molecule has 24 heavy (non-hydrogen) atoms. The van der Waals surface area contributed by atoms with Crippen molar-refractivity contribution in [1.82, 2.24) is 4.98 Å². The van der Waals surface area contributed by atoms with E-state index in [9.17, 15) is 18.0 Å². The highest BCUT2D eigenvalue weighted by Gasteiger charge is 2.52. The van der Waals surface area contributed by atoms with Gasteiger partial charge in [-0.05, 0) is 30.7 Å². The van der Waals surface area contributed by atoms with Gasteiger partial charge in [0.1, 0.15) is 5.82 Å². The first-order valence-corrected chi connectivity index (χ1v) is 7.66. The number of nitrogens with zero attached hydrogens (tertiary/aromatic N) is 2. The lowest BCUT2D eigenvalue weighted by atomic mass is 9.96. The van der Waals surface area contributed by atoms with Gasteiger partial charge in [-0.1, -0.05) is 17.7 Å². The summed E-state index contributed by atoms with van der Waals surface area (Å²) in [7, 11) is 0. The number of anilines is 1. The molecule has 1 aliphatic rings. The molecular weight excluding hydrogens is 345 g/mol. The lowest BCUT2D eigenvalue weighted by Gasteiger charge is -2.19. The Kier molecular flexibility index (Phi) is 4.07. The summed E-state index contributed by atoms with van der Waals surface area (Å²) in [6.45, 7) is 1.14. The second kappa shape index (κ2) is 5.81. The molecule has 0 amide bonds. The molecular formula is C16H14ClF3N2O2. The molecule has 1 aliphatic heterocycles. The maximum atomic E-state index is 13.1. The van der Waals surface area contributed by atoms with E-state index in [-0.39, 0.29) is 6.54 Å². The number of hydrogen-bond donors (Lipinski definition) is 1. The Hall–Kier alpha value is -2.02. The van der Waals surface area contributed by atoms with E-state index in [0.29, 0.717) is 16.4 Å². The number of pyridine rings is 1. The van der Waals surface area contributed by atoms with Crippen LogP contribution in [0.15, 0.2) is 24.3 Å². The number of halogens is 4. The minimum atomic E-state index is -4.56. The molecule has 0 aliphatic carbocycles. The van der Waals surface area contributed by atoms with Gasteiger partial charge in [-0.15, -0.1) is 0 Å². The highest BCUT2D eigenvalue weighted by molar-refractivity contribution is 6.32. The highest BCUT2D eigenvalue weighted by Crippen LogP contribution is 2.39. The summed E-state index contributed by atoms with van der Waals surface area (Å²) in [5, 5.41) is 10.4. The van der Waals surface area contributed by atoms with Crippen molar-refractivity contribution < 1.29 is 23.1 Å². The van der Waals surface area contributed by atoms with Crippen LogP contribution in [-0.2, 0) is 4.79 Å². The third-order valence-electron chi connectivity index (χ3n) is 4.42. The molecule has 1 fully saturated rings. The van der Waals surface area contributed by atoms with Crippen LogP contribution in [-0.4, -0.2) is 35.3 Å². The van der Waals surface area contributed by atoms with Gasteiger partial charge in [0.25, 0.3) is 0 Å². The van der Waals surface area contributed by atoms with Crippen LogP contribution in [0.3, 0.4) is 0 Å². The van der Waals surface area contributed by atoms with Crippen LogP contribution in [0, 0.1) is 18.8 Å². The van der Waals surface area contributed by atoms with Crippen molar-refractivity contribution >= 4 is 34.3 Å². The van der Waals surface area contributed by atoms with Crippen LogP contribution in [0.25, 0.3) is 10.9 Å². The molecule has 0 unspecified atom stereocenters. The summed E-state index contributed by atoms with van der Waals surface area (Å²) >= 11 is 6.07. The van der Waals surface area contributed by atoms with Gasteiger partial charge in [0.05, 0.1) is 17.4 Å². The van der Waals surface area contributed by atoms with Gasteiger partial charge in [0.15, 0.2) is 0 Å². The number of aliphatic carboxylic acids is 1. The fourth-order valence-electron chi connectivity index (χ4n) is 3.04. The summed E-state index contributed by atoms with van der Waals surface area (Å²) in [6.07, 6.45) is -4.56. The zero-order valence-corrected chi connectivity index (χ0v) is 13.4. The topological polar surface area (TPSA) is 53.4 Å². The second-order valence-corrected chi connectivity index (χ2v) is 6.32. The van der Waals surface area contributed by atoms with Crippen LogP contribution < -0.4 is 4.90 Å². The number of alkyl halides is 3. The molecule has 8 heteroatoms. The number of hydrogen-bond acceptors (Lipinski definition) is 3. The van der Waals surface area contributed by atoms with E-state index in [0.717, 1.165) is 10.9 Å². The molecule has 2 atom stereocenters. The Balaban J connectivity index is 1.99. The van der Waals surface area contributed by atoms with Gasteiger partial charge in [0.2, 0.25) is 0 Å². The molecule has 1 N–H and O–H groups in total. The highest BCUT2D eigenvalue weighted by atomic mass is 35.5. The van der Waals surface area contributed by atoms with E-state index >= 15 is 0 Å². The summed E-state index contributed by atoms with van der Waals surface area (Å²) in [6, 6.07) is 6.87. The molecule has 1 saturated heterocycles. The maximum absolute atomic E-state index is 13.1. The number of carbonyl (C=O) groups is 1. The van der Waals surface area contributed by atoms with Crippen molar-refractivity contribution in [1.29, 1.82) is 0 Å². The molecule has 2 heterocycles. The lowest BCUT2D eigenvalue weighted by Crippen LogP contribution is -2.33. The van der Waals surface area contributed by atoms with Crippen LogP contribution in [0.2, 0.25) is 5.02 Å². The van der Waals surface area contributed by atoms with Crippen molar-refractivity contribution in [2.24, 2.45) is 11.8 Å². The molecule has 0 radical (unpaired) electrons. The van der Waals surface area contributed by atoms with Crippen LogP contribution >= 0.6 is 11.6 Å². The number of fused-ring (bicyclic) bond motifs is 1. The average molecular weight is 359 g/mol. The number of benzene rings is 1. The van der Waals surface area contributed by atoms with Crippen molar-refractivity contribution in [3.8, 4) is 0 Å². The first-order chi connectivity index (χ1) is 11.2. The SMILES string of the molecule is Cc1c(Cl)ccc2ccc(N3C[C@@H](C(F)(F)F)[C@H](C(=O)O)C3)nc12. The Morgan fingerprint density at radius 2 is 1.96 bits per heavy atom.